The molecule has 4 rings (SSSR count). The van der Waals surface area contributed by atoms with Gasteiger partial charge in [0.25, 0.3) is 0 Å². The van der Waals surface area contributed by atoms with Crippen LogP contribution in [0, 0.1) is 0 Å². The quantitative estimate of drug-likeness (QED) is 0.550. The first-order valence-electron chi connectivity index (χ1n) is 9.21. The van der Waals surface area contributed by atoms with Crippen molar-refractivity contribution in [3.05, 3.63) is 59.7 Å². The number of aliphatic imine (C=N–C) groups is 4. The van der Waals surface area contributed by atoms with E-state index in [1.165, 1.54) is 0 Å². The highest BCUT2D eigenvalue weighted by Gasteiger charge is 2.16. The van der Waals surface area contributed by atoms with E-state index in [-0.39, 0.29) is 11.9 Å². The molecule has 0 unspecified atom stereocenters. The van der Waals surface area contributed by atoms with Gasteiger partial charge in [0.2, 0.25) is 23.8 Å². The van der Waals surface area contributed by atoms with Gasteiger partial charge in [0.05, 0.1) is 0 Å². The number of benzene rings is 2. The molecule has 2 aliphatic heterocycles. The molecule has 2 aromatic carbocycles. The molecule has 0 saturated heterocycles. The highest BCUT2D eigenvalue weighted by atomic mass is 15.4. The van der Waals surface area contributed by atoms with Crippen molar-refractivity contribution in [3.63, 3.8) is 0 Å². The van der Waals surface area contributed by atoms with Crippen LogP contribution >= 0.6 is 0 Å². The van der Waals surface area contributed by atoms with Gasteiger partial charge in [-0.05, 0) is 35.4 Å². The maximum absolute atomic E-state index is 5.98. The molecule has 0 saturated carbocycles. The van der Waals surface area contributed by atoms with Gasteiger partial charge in [-0.3, -0.25) is 9.80 Å². The average Bonchev–Trinajstić information content (AvgIpc) is 2.73. The fourth-order valence-corrected chi connectivity index (χ4v) is 3.07. The second-order valence-electron chi connectivity index (χ2n) is 6.63. The predicted molar refractivity (Wildman–Crippen MR) is 123 cm³/mol. The summed E-state index contributed by atoms with van der Waals surface area (Å²) in [7, 11) is 0. The van der Waals surface area contributed by atoms with Crippen LogP contribution in [-0.4, -0.2) is 37.2 Å². The van der Waals surface area contributed by atoms with Gasteiger partial charge in [-0.2, -0.15) is 9.98 Å². The molecule has 0 fully saturated rings. The van der Waals surface area contributed by atoms with Crippen molar-refractivity contribution in [2.45, 2.75) is 0 Å². The third-order valence-corrected chi connectivity index (χ3v) is 4.59. The van der Waals surface area contributed by atoms with Crippen LogP contribution in [0.3, 0.4) is 0 Å². The minimum absolute atomic E-state index is 0.187. The zero-order valence-electron chi connectivity index (χ0n) is 16.2. The molecule has 30 heavy (non-hydrogen) atoms. The van der Waals surface area contributed by atoms with Gasteiger partial charge in [-0.15, -0.1) is 0 Å². The fourth-order valence-electron chi connectivity index (χ4n) is 3.07. The Labute approximate surface area is 173 Å². The Kier molecular flexibility index (Phi) is 5.04. The summed E-state index contributed by atoms with van der Waals surface area (Å²) in [4.78, 5) is 19.9. The second kappa shape index (κ2) is 7.95. The minimum atomic E-state index is 0.187. The molecule has 10 nitrogen and oxygen atoms in total. The Morgan fingerprint density at radius 2 is 1.10 bits per heavy atom. The summed E-state index contributed by atoms with van der Waals surface area (Å²) in [6.07, 6.45) is 4.03. The Bertz CT molecular complexity index is 1020. The van der Waals surface area contributed by atoms with Crippen LogP contribution < -0.4 is 32.7 Å². The number of rotatable bonds is 4. The largest absolute Gasteiger partial charge is 0.369 e. The molecule has 0 amide bonds. The van der Waals surface area contributed by atoms with Crippen molar-refractivity contribution >= 4 is 47.4 Å². The predicted octanol–water partition coefficient (Wildman–Crippen LogP) is 0.671. The monoisotopic (exact) mass is 402 g/mol. The zero-order chi connectivity index (χ0) is 21.1. The molecule has 0 spiro atoms. The lowest BCUT2D eigenvalue weighted by Crippen LogP contribution is -2.42. The maximum atomic E-state index is 5.98. The first-order chi connectivity index (χ1) is 14.5. The lowest BCUT2D eigenvalue weighted by atomic mass is 10.1. The summed E-state index contributed by atoms with van der Waals surface area (Å²) < 4.78 is 0. The lowest BCUT2D eigenvalue weighted by molar-refractivity contribution is 0.969. The van der Waals surface area contributed by atoms with E-state index in [4.69, 9.17) is 22.9 Å². The molecule has 0 aliphatic carbocycles. The molecular formula is C20H22N10. The topological polar surface area (TPSA) is 160 Å². The van der Waals surface area contributed by atoms with Crippen LogP contribution in [0.25, 0.3) is 12.2 Å². The van der Waals surface area contributed by atoms with Crippen LogP contribution in [0.1, 0.15) is 11.1 Å². The lowest BCUT2D eigenvalue weighted by Gasteiger charge is -2.24. The van der Waals surface area contributed by atoms with E-state index in [1.54, 1.807) is 9.80 Å². The molecule has 2 aliphatic rings. The van der Waals surface area contributed by atoms with Crippen molar-refractivity contribution in [1.29, 1.82) is 0 Å². The van der Waals surface area contributed by atoms with Crippen LogP contribution in [-0.2, 0) is 0 Å². The fraction of sp³-hybridized carbons (Fsp3) is 0.100. The molecule has 8 N–H and O–H groups in total. The van der Waals surface area contributed by atoms with Gasteiger partial charge >= 0.3 is 0 Å². The van der Waals surface area contributed by atoms with Gasteiger partial charge in [0, 0.05) is 11.4 Å². The normalized spacial score (nSPS) is 16.8. The van der Waals surface area contributed by atoms with Crippen LogP contribution in [0.5, 0.6) is 0 Å². The van der Waals surface area contributed by atoms with Crippen molar-refractivity contribution in [2.75, 3.05) is 23.1 Å². The number of nitrogens with two attached hydrogens (primary N) is 4. The maximum Gasteiger partial charge on any atom is 0.220 e. The number of nitrogens with zero attached hydrogens (tertiary/aromatic N) is 6. The molecule has 0 aromatic heterocycles. The molecule has 0 atom stereocenters. The van der Waals surface area contributed by atoms with Crippen molar-refractivity contribution in [3.8, 4) is 0 Å². The molecular weight excluding hydrogens is 380 g/mol. The number of hydrogen-bond acceptors (Lipinski definition) is 10. The van der Waals surface area contributed by atoms with E-state index in [1.807, 2.05) is 60.7 Å². The molecule has 152 valence electrons. The summed E-state index contributed by atoms with van der Waals surface area (Å²) in [5.41, 5.74) is 26.9. The van der Waals surface area contributed by atoms with Gasteiger partial charge in [0.1, 0.15) is 13.3 Å². The molecule has 0 radical (unpaired) electrons. The van der Waals surface area contributed by atoms with Crippen LogP contribution in [0.4, 0.5) is 11.4 Å². The summed E-state index contributed by atoms with van der Waals surface area (Å²) in [6, 6.07) is 15.8. The Morgan fingerprint density at radius 3 is 1.50 bits per heavy atom. The summed E-state index contributed by atoms with van der Waals surface area (Å²) in [5.74, 6) is 1.01. The van der Waals surface area contributed by atoms with Crippen LogP contribution in [0.15, 0.2) is 68.5 Å². The van der Waals surface area contributed by atoms with Crippen molar-refractivity contribution < 1.29 is 0 Å². The molecule has 2 heterocycles. The third-order valence-electron chi connectivity index (χ3n) is 4.59. The number of hydrogen-bond donors (Lipinski definition) is 4. The number of anilines is 2. The molecule has 2 aromatic rings. The Balaban J connectivity index is 1.53. The first-order valence-corrected chi connectivity index (χ1v) is 9.21. The van der Waals surface area contributed by atoms with E-state index in [0.29, 0.717) is 25.3 Å². The van der Waals surface area contributed by atoms with E-state index in [2.05, 4.69) is 20.0 Å². The zero-order valence-corrected chi connectivity index (χ0v) is 16.2. The minimum Gasteiger partial charge on any atom is -0.369 e. The van der Waals surface area contributed by atoms with Gasteiger partial charge < -0.3 is 22.9 Å². The molecule has 10 heteroatoms. The van der Waals surface area contributed by atoms with Gasteiger partial charge in [-0.25, -0.2) is 9.98 Å². The van der Waals surface area contributed by atoms with E-state index in [0.717, 1.165) is 22.5 Å². The van der Waals surface area contributed by atoms with Gasteiger partial charge in [0.15, 0.2) is 0 Å². The van der Waals surface area contributed by atoms with Crippen molar-refractivity contribution in [1.82, 2.24) is 0 Å². The SMILES string of the molecule is NC1=NCN(c2cccc(/C=C/c3cccc(N4CN=C(N)N=C4N)c3)c2)C(N)=N1. The Morgan fingerprint density at radius 1 is 0.667 bits per heavy atom. The standard InChI is InChI=1S/C20H22N10/c21-17-25-11-29(19(23)27-17)15-5-1-3-13(9-15)7-8-14-4-2-6-16(10-14)30-12-26-18(22)28-20(30)24/h1-10H,11-12H2,(H4,21,23,25,27)(H4,22,24,26,28)/b8-7+. The van der Waals surface area contributed by atoms with E-state index < -0.39 is 0 Å². The average molecular weight is 402 g/mol. The second-order valence-corrected chi connectivity index (χ2v) is 6.63. The summed E-state index contributed by atoms with van der Waals surface area (Å²) >= 11 is 0. The smallest absolute Gasteiger partial charge is 0.220 e. The number of guanidine groups is 4. The van der Waals surface area contributed by atoms with Gasteiger partial charge in [-0.1, -0.05) is 36.4 Å². The van der Waals surface area contributed by atoms with Crippen molar-refractivity contribution in [2.24, 2.45) is 42.9 Å². The van der Waals surface area contributed by atoms with Crippen LogP contribution in [0.2, 0.25) is 0 Å². The first kappa shape index (κ1) is 19.0. The summed E-state index contributed by atoms with van der Waals surface area (Å²) in [5, 5.41) is 0. The van der Waals surface area contributed by atoms with E-state index in [9.17, 15) is 0 Å². The summed E-state index contributed by atoms with van der Waals surface area (Å²) in [6.45, 7) is 0.671. The highest BCUT2D eigenvalue weighted by molar-refractivity contribution is 6.05. The third kappa shape index (κ3) is 4.07. The highest BCUT2D eigenvalue weighted by Crippen LogP contribution is 2.21. The molecule has 0 bridgehead atoms. The Hall–Kier alpha value is -4.34. The van der Waals surface area contributed by atoms with E-state index >= 15 is 0 Å².